The Morgan fingerprint density at radius 3 is 2.09 bits per heavy atom. The number of aryl methyl sites for hydroxylation is 1. The number of hydrogen-bond acceptors (Lipinski definition) is 4. The normalized spacial score (nSPS) is 12.0. The maximum absolute atomic E-state index is 14.4. The van der Waals surface area contributed by atoms with Crippen molar-refractivity contribution in [1.82, 2.24) is 10.2 Å². The van der Waals surface area contributed by atoms with Gasteiger partial charge in [0.05, 0.1) is 10.6 Å². The first-order chi connectivity index (χ1) is 20.9. The van der Waals surface area contributed by atoms with Crippen molar-refractivity contribution in [3.8, 4) is 0 Å². The van der Waals surface area contributed by atoms with Gasteiger partial charge in [0.1, 0.15) is 12.6 Å². The highest BCUT2D eigenvalue weighted by Crippen LogP contribution is 2.27. The van der Waals surface area contributed by atoms with Gasteiger partial charge in [0.25, 0.3) is 10.0 Å². The van der Waals surface area contributed by atoms with Gasteiger partial charge in [0.2, 0.25) is 11.8 Å². The predicted molar refractivity (Wildman–Crippen MR) is 176 cm³/mol. The Morgan fingerprint density at radius 1 is 0.795 bits per heavy atom. The van der Waals surface area contributed by atoms with Gasteiger partial charge >= 0.3 is 0 Å². The smallest absolute Gasteiger partial charge is 0.264 e. The molecule has 0 radical (unpaired) electrons. The summed E-state index contributed by atoms with van der Waals surface area (Å²) in [6.45, 7) is 5.02. The number of carbonyl (C=O) groups excluding carboxylic acids is 2. The summed E-state index contributed by atoms with van der Waals surface area (Å²) in [4.78, 5) is 29.6. The number of rotatable bonds is 12. The summed E-state index contributed by atoms with van der Waals surface area (Å²) in [6, 6.07) is 28.0. The summed E-state index contributed by atoms with van der Waals surface area (Å²) in [5.41, 5.74) is 2.69. The molecule has 0 aliphatic heterocycles. The molecule has 0 spiro atoms. The molecule has 1 N–H and O–H groups in total. The van der Waals surface area contributed by atoms with Crippen LogP contribution < -0.4 is 9.62 Å². The van der Waals surface area contributed by atoms with Crippen LogP contribution in [0.3, 0.4) is 0 Å². The van der Waals surface area contributed by atoms with Crippen LogP contribution in [-0.2, 0) is 32.6 Å². The van der Waals surface area contributed by atoms with Crippen molar-refractivity contribution in [2.24, 2.45) is 0 Å². The Balaban J connectivity index is 1.81. The minimum atomic E-state index is -4.21. The highest BCUT2D eigenvalue weighted by molar-refractivity contribution is 7.92. The minimum absolute atomic E-state index is 0.0176. The average molecular weight is 653 g/mol. The summed E-state index contributed by atoms with van der Waals surface area (Å²) >= 11 is 12.3. The van der Waals surface area contributed by atoms with E-state index in [1.165, 1.54) is 29.2 Å². The molecule has 0 aromatic heterocycles. The molecule has 2 amide bonds. The number of nitrogens with one attached hydrogen (secondary N) is 1. The standard InChI is InChI=1S/C34H35Cl2N3O4S/c1-24(2)37-34(41)32(21-26-10-5-4-6-11-26)38(22-27-12-8-13-29(36)20-27)33(40)23-39(30-14-7-9-25(3)19-30)44(42,43)31-17-15-28(35)16-18-31/h4-20,24,32H,21-23H2,1-3H3,(H,37,41)/t32-/m0/s1. The second-order valence-electron chi connectivity index (χ2n) is 10.8. The monoisotopic (exact) mass is 651 g/mol. The lowest BCUT2D eigenvalue weighted by molar-refractivity contribution is -0.140. The average Bonchev–Trinajstić information content (AvgIpc) is 2.98. The number of halogens is 2. The van der Waals surface area contributed by atoms with Gasteiger partial charge in [-0.05, 0) is 86.0 Å². The van der Waals surface area contributed by atoms with E-state index in [0.29, 0.717) is 21.3 Å². The third-order valence-electron chi connectivity index (χ3n) is 6.91. The lowest BCUT2D eigenvalue weighted by atomic mass is 10.0. The van der Waals surface area contributed by atoms with Gasteiger partial charge in [-0.15, -0.1) is 0 Å². The van der Waals surface area contributed by atoms with Crippen molar-refractivity contribution in [3.05, 3.63) is 130 Å². The first-order valence-electron chi connectivity index (χ1n) is 14.2. The van der Waals surface area contributed by atoms with Crippen molar-refractivity contribution >= 4 is 50.7 Å². The third kappa shape index (κ3) is 8.62. The number of carbonyl (C=O) groups is 2. The summed E-state index contributed by atoms with van der Waals surface area (Å²) in [5, 5.41) is 3.81. The van der Waals surface area contributed by atoms with Crippen LogP contribution in [0.25, 0.3) is 0 Å². The van der Waals surface area contributed by atoms with E-state index in [1.807, 2.05) is 63.2 Å². The van der Waals surface area contributed by atoms with E-state index in [9.17, 15) is 18.0 Å². The van der Waals surface area contributed by atoms with Crippen LogP contribution in [0, 0.1) is 6.92 Å². The number of benzene rings is 4. The number of anilines is 1. The van der Waals surface area contributed by atoms with Crippen LogP contribution in [0.5, 0.6) is 0 Å². The fraction of sp³-hybridized carbons (Fsp3) is 0.235. The zero-order valence-electron chi connectivity index (χ0n) is 24.8. The number of amides is 2. The molecular weight excluding hydrogens is 617 g/mol. The van der Waals surface area contributed by atoms with Gasteiger partial charge in [-0.25, -0.2) is 8.42 Å². The van der Waals surface area contributed by atoms with Gasteiger partial charge in [-0.1, -0.05) is 77.8 Å². The van der Waals surface area contributed by atoms with Gasteiger partial charge in [0, 0.05) is 29.1 Å². The zero-order valence-corrected chi connectivity index (χ0v) is 27.1. The van der Waals surface area contributed by atoms with E-state index >= 15 is 0 Å². The molecule has 0 heterocycles. The van der Waals surface area contributed by atoms with Gasteiger partial charge in [0.15, 0.2) is 0 Å². The third-order valence-corrected chi connectivity index (χ3v) is 9.19. The number of nitrogens with zero attached hydrogens (tertiary/aromatic N) is 2. The highest BCUT2D eigenvalue weighted by Gasteiger charge is 2.35. The first-order valence-corrected chi connectivity index (χ1v) is 16.4. The second kappa shape index (κ2) is 14.8. The molecule has 0 aliphatic rings. The largest absolute Gasteiger partial charge is 0.352 e. The first kappa shape index (κ1) is 33.1. The molecule has 44 heavy (non-hydrogen) atoms. The van der Waals surface area contributed by atoms with Crippen molar-refractivity contribution in [1.29, 1.82) is 0 Å². The van der Waals surface area contributed by atoms with Crippen LogP contribution in [0.2, 0.25) is 10.0 Å². The van der Waals surface area contributed by atoms with Crippen LogP contribution in [0.4, 0.5) is 5.69 Å². The molecule has 1 atom stereocenters. The molecular formula is C34H35Cl2N3O4S. The molecule has 0 fully saturated rings. The topological polar surface area (TPSA) is 86.8 Å². The Bertz CT molecular complexity index is 1700. The maximum Gasteiger partial charge on any atom is 0.264 e. The number of hydrogen-bond donors (Lipinski definition) is 1. The van der Waals surface area contributed by atoms with E-state index < -0.39 is 28.5 Å². The summed E-state index contributed by atoms with van der Waals surface area (Å²) in [6.07, 6.45) is 0.222. The minimum Gasteiger partial charge on any atom is -0.352 e. The van der Waals surface area contributed by atoms with E-state index in [1.54, 1.807) is 36.4 Å². The molecule has 4 aromatic carbocycles. The van der Waals surface area contributed by atoms with Crippen molar-refractivity contribution < 1.29 is 18.0 Å². The van der Waals surface area contributed by atoms with Crippen molar-refractivity contribution in [3.63, 3.8) is 0 Å². The Hall–Kier alpha value is -3.85. The van der Waals surface area contributed by atoms with Gasteiger partial charge < -0.3 is 10.2 Å². The van der Waals surface area contributed by atoms with E-state index in [-0.39, 0.29) is 29.8 Å². The van der Waals surface area contributed by atoms with Crippen molar-refractivity contribution in [2.75, 3.05) is 10.8 Å². The predicted octanol–water partition coefficient (Wildman–Crippen LogP) is 6.66. The summed E-state index contributed by atoms with van der Waals surface area (Å²) in [7, 11) is -4.21. The van der Waals surface area contributed by atoms with Crippen LogP contribution in [-0.4, -0.2) is 43.8 Å². The van der Waals surface area contributed by atoms with Crippen LogP contribution in [0.15, 0.2) is 108 Å². The van der Waals surface area contributed by atoms with Crippen LogP contribution in [0.1, 0.15) is 30.5 Å². The second-order valence-corrected chi connectivity index (χ2v) is 13.6. The van der Waals surface area contributed by atoms with Crippen molar-refractivity contribution in [2.45, 2.75) is 50.7 Å². The van der Waals surface area contributed by atoms with Gasteiger partial charge in [-0.2, -0.15) is 0 Å². The molecule has 0 saturated carbocycles. The van der Waals surface area contributed by atoms with E-state index in [2.05, 4.69) is 5.32 Å². The van der Waals surface area contributed by atoms with E-state index in [0.717, 1.165) is 15.4 Å². The van der Waals surface area contributed by atoms with Crippen LogP contribution >= 0.6 is 23.2 Å². The Labute approximate surface area is 269 Å². The fourth-order valence-electron chi connectivity index (χ4n) is 4.81. The van der Waals surface area contributed by atoms with Gasteiger partial charge in [-0.3, -0.25) is 13.9 Å². The quantitative estimate of drug-likeness (QED) is 0.186. The molecule has 4 rings (SSSR count). The fourth-order valence-corrected chi connectivity index (χ4v) is 6.56. The molecule has 4 aromatic rings. The summed E-state index contributed by atoms with van der Waals surface area (Å²) < 4.78 is 29.2. The number of sulfonamides is 1. The SMILES string of the molecule is Cc1cccc(N(CC(=O)N(Cc2cccc(Cl)c2)[C@@H](Cc2ccccc2)C(=O)NC(C)C)S(=O)(=O)c2ccc(Cl)cc2)c1. The molecule has 230 valence electrons. The lowest BCUT2D eigenvalue weighted by Gasteiger charge is -2.34. The molecule has 0 saturated heterocycles. The highest BCUT2D eigenvalue weighted by atomic mass is 35.5. The van der Waals surface area contributed by atoms with E-state index in [4.69, 9.17) is 23.2 Å². The molecule has 0 aliphatic carbocycles. The Kier molecular flexibility index (Phi) is 11.1. The molecule has 0 unspecified atom stereocenters. The maximum atomic E-state index is 14.4. The summed E-state index contributed by atoms with van der Waals surface area (Å²) in [5.74, 6) is -0.897. The Morgan fingerprint density at radius 2 is 1.45 bits per heavy atom. The molecule has 0 bridgehead atoms. The lowest BCUT2D eigenvalue weighted by Crippen LogP contribution is -2.54. The molecule has 10 heteroatoms. The zero-order chi connectivity index (χ0) is 31.9. The molecule has 7 nitrogen and oxygen atoms in total.